The number of rotatable bonds is 10. The molecule has 1 aliphatic rings. The van der Waals surface area contributed by atoms with Gasteiger partial charge in [0.1, 0.15) is 18.2 Å². The third-order valence-electron chi connectivity index (χ3n) is 6.39. The Morgan fingerprint density at radius 1 is 0.972 bits per heavy atom. The van der Waals surface area contributed by atoms with Gasteiger partial charge in [-0.25, -0.2) is 4.98 Å². The van der Waals surface area contributed by atoms with Crippen molar-refractivity contribution in [3.05, 3.63) is 90.3 Å². The van der Waals surface area contributed by atoms with Crippen LogP contribution in [0.25, 0.3) is 16.7 Å². The minimum absolute atomic E-state index is 0.000284. The number of aromatic nitrogens is 2. The van der Waals surface area contributed by atoms with E-state index in [1.807, 2.05) is 60.7 Å². The average molecular weight is 485 g/mol. The fourth-order valence-electron chi connectivity index (χ4n) is 4.49. The van der Waals surface area contributed by atoms with Crippen LogP contribution in [0, 0.1) is 0 Å². The second-order valence-corrected chi connectivity index (χ2v) is 8.91. The standard InChI is InChI=1S/C29H32N4O3/c34-29(30-22-23-7-6-10-25(21-23)36-20-17-32-15-18-35-19-16-32)14-13-28-31-26-11-4-5-12-27(26)33(28)24-8-2-1-3-9-24/h1-12,21H,13-20,22H2,(H,30,34). The van der Waals surface area contributed by atoms with Crippen LogP contribution in [-0.4, -0.2) is 59.8 Å². The van der Waals surface area contributed by atoms with E-state index in [-0.39, 0.29) is 5.91 Å². The molecule has 1 amide bonds. The molecule has 0 saturated carbocycles. The summed E-state index contributed by atoms with van der Waals surface area (Å²) in [4.78, 5) is 19.8. The zero-order valence-corrected chi connectivity index (χ0v) is 20.4. The molecule has 1 aromatic heterocycles. The van der Waals surface area contributed by atoms with Crippen LogP contribution in [0.4, 0.5) is 0 Å². The van der Waals surface area contributed by atoms with Crippen molar-refractivity contribution in [3.8, 4) is 11.4 Å². The fraction of sp³-hybridized carbons (Fsp3) is 0.310. The van der Waals surface area contributed by atoms with Crippen molar-refractivity contribution in [2.45, 2.75) is 19.4 Å². The van der Waals surface area contributed by atoms with Gasteiger partial charge in [0.2, 0.25) is 5.91 Å². The van der Waals surface area contributed by atoms with Gasteiger partial charge in [-0.15, -0.1) is 0 Å². The summed E-state index contributed by atoms with van der Waals surface area (Å²) >= 11 is 0. The second kappa shape index (κ2) is 11.8. The minimum atomic E-state index is 0.000284. The number of carbonyl (C=O) groups excluding carboxylic acids is 1. The Kier molecular flexibility index (Phi) is 7.90. The second-order valence-electron chi connectivity index (χ2n) is 8.91. The molecule has 1 aliphatic heterocycles. The van der Waals surface area contributed by atoms with Crippen LogP contribution < -0.4 is 10.1 Å². The first-order valence-corrected chi connectivity index (χ1v) is 12.6. The van der Waals surface area contributed by atoms with E-state index in [4.69, 9.17) is 14.5 Å². The van der Waals surface area contributed by atoms with E-state index in [1.54, 1.807) is 0 Å². The summed E-state index contributed by atoms with van der Waals surface area (Å²) in [5, 5.41) is 3.04. The number of hydrogen-bond donors (Lipinski definition) is 1. The lowest BCUT2D eigenvalue weighted by Gasteiger charge is -2.26. The average Bonchev–Trinajstić information content (AvgIpc) is 3.30. The van der Waals surface area contributed by atoms with E-state index >= 15 is 0 Å². The maximum Gasteiger partial charge on any atom is 0.220 e. The van der Waals surface area contributed by atoms with Gasteiger partial charge in [0, 0.05) is 44.7 Å². The lowest BCUT2D eigenvalue weighted by atomic mass is 10.2. The Morgan fingerprint density at radius 3 is 2.64 bits per heavy atom. The number of ether oxygens (including phenoxy) is 2. The number of para-hydroxylation sites is 3. The molecule has 0 unspecified atom stereocenters. The summed E-state index contributed by atoms with van der Waals surface area (Å²) in [5.41, 5.74) is 4.04. The number of benzene rings is 3. The summed E-state index contributed by atoms with van der Waals surface area (Å²) in [6.07, 6.45) is 0.923. The van der Waals surface area contributed by atoms with E-state index in [0.717, 1.165) is 66.7 Å². The molecule has 3 aromatic carbocycles. The van der Waals surface area contributed by atoms with Crippen LogP contribution in [-0.2, 0) is 22.5 Å². The molecule has 0 aliphatic carbocycles. The Bertz CT molecular complexity index is 1280. The number of nitrogens with one attached hydrogen (secondary N) is 1. The zero-order valence-electron chi connectivity index (χ0n) is 20.4. The van der Waals surface area contributed by atoms with E-state index in [0.29, 0.717) is 26.0 Å². The molecule has 5 rings (SSSR count). The molecular formula is C29H32N4O3. The lowest BCUT2D eigenvalue weighted by Crippen LogP contribution is -2.38. The van der Waals surface area contributed by atoms with Crippen molar-refractivity contribution in [1.82, 2.24) is 19.8 Å². The molecule has 1 saturated heterocycles. The molecule has 0 bridgehead atoms. The predicted molar refractivity (Wildman–Crippen MR) is 140 cm³/mol. The van der Waals surface area contributed by atoms with Crippen molar-refractivity contribution in [2.24, 2.45) is 0 Å². The van der Waals surface area contributed by atoms with Gasteiger partial charge in [-0.2, -0.15) is 0 Å². The van der Waals surface area contributed by atoms with E-state index in [2.05, 4.69) is 33.0 Å². The third-order valence-corrected chi connectivity index (χ3v) is 6.39. The Hall–Kier alpha value is -3.68. The summed E-state index contributed by atoms with van der Waals surface area (Å²) in [7, 11) is 0. The molecule has 1 N–H and O–H groups in total. The highest BCUT2D eigenvalue weighted by atomic mass is 16.5. The molecular weight excluding hydrogens is 452 g/mol. The highest BCUT2D eigenvalue weighted by Gasteiger charge is 2.14. The molecule has 0 radical (unpaired) electrons. The molecule has 0 spiro atoms. The number of nitrogens with zero attached hydrogens (tertiary/aromatic N) is 3. The first kappa shape index (κ1) is 24.0. The van der Waals surface area contributed by atoms with Crippen molar-refractivity contribution < 1.29 is 14.3 Å². The number of fused-ring (bicyclic) bond motifs is 1. The molecule has 7 nitrogen and oxygen atoms in total. The third kappa shape index (κ3) is 6.11. The van der Waals surface area contributed by atoms with Crippen LogP contribution in [0.3, 0.4) is 0 Å². The largest absolute Gasteiger partial charge is 0.492 e. The number of amides is 1. The summed E-state index contributed by atoms with van der Waals surface area (Å²) in [6.45, 7) is 5.48. The Labute approximate surface area is 211 Å². The van der Waals surface area contributed by atoms with Gasteiger partial charge in [-0.3, -0.25) is 14.3 Å². The SMILES string of the molecule is O=C(CCc1nc2ccccc2n1-c1ccccc1)NCc1cccc(OCCN2CCOCC2)c1. The number of hydrogen-bond acceptors (Lipinski definition) is 5. The van der Waals surface area contributed by atoms with Crippen LogP contribution in [0.1, 0.15) is 17.8 Å². The number of morpholine rings is 1. The lowest BCUT2D eigenvalue weighted by molar-refractivity contribution is -0.121. The fourth-order valence-corrected chi connectivity index (χ4v) is 4.49. The summed E-state index contributed by atoms with van der Waals surface area (Å²) in [6, 6.07) is 26.2. The smallest absolute Gasteiger partial charge is 0.220 e. The quantitative estimate of drug-likeness (QED) is 0.369. The number of imidazole rings is 1. The van der Waals surface area contributed by atoms with Crippen molar-refractivity contribution in [3.63, 3.8) is 0 Å². The first-order chi connectivity index (χ1) is 17.8. The van der Waals surface area contributed by atoms with Gasteiger partial charge in [0.15, 0.2) is 0 Å². The Morgan fingerprint density at radius 2 is 1.78 bits per heavy atom. The normalized spacial score (nSPS) is 14.1. The minimum Gasteiger partial charge on any atom is -0.492 e. The molecule has 36 heavy (non-hydrogen) atoms. The molecule has 186 valence electrons. The van der Waals surface area contributed by atoms with Gasteiger partial charge in [-0.1, -0.05) is 42.5 Å². The van der Waals surface area contributed by atoms with Gasteiger partial charge >= 0.3 is 0 Å². The molecule has 1 fully saturated rings. The molecule has 4 aromatic rings. The zero-order chi connectivity index (χ0) is 24.6. The predicted octanol–water partition coefficient (Wildman–Crippen LogP) is 3.99. The van der Waals surface area contributed by atoms with Crippen LogP contribution in [0.15, 0.2) is 78.9 Å². The maximum atomic E-state index is 12.7. The monoisotopic (exact) mass is 484 g/mol. The van der Waals surface area contributed by atoms with E-state index in [1.165, 1.54) is 0 Å². The number of carbonyl (C=O) groups is 1. The molecule has 7 heteroatoms. The van der Waals surface area contributed by atoms with Crippen LogP contribution >= 0.6 is 0 Å². The van der Waals surface area contributed by atoms with Gasteiger partial charge in [0.25, 0.3) is 0 Å². The topological polar surface area (TPSA) is 68.6 Å². The Balaban J connectivity index is 1.15. The summed E-state index contributed by atoms with van der Waals surface area (Å²) < 4.78 is 13.5. The van der Waals surface area contributed by atoms with Gasteiger partial charge < -0.3 is 14.8 Å². The molecule has 0 atom stereocenters. The maximum absolute atomic E-state index is 12.7. The van der Waals surface area contributed by atoms with Crippen molar-refractivity contribution >= 4 is 16.9 Å². The van der Waals surface area contributed by atoms with Crippen LogP contribution in [0.5, 0.6) is 5.75 Å². The first-order valence-electron chi connectivity index (χ1n) is 12.6. The van der Waals surface area contributed by atoms with E-state index < -0.39 is 0 Å². The van der Waals surface area contributed by atoms with Crippen LogP contribution in [0.2, 0.25) is 0 Å². The van der Waals surface area contributed by atoms with Gasteiger partial charge in [0.05, 0.1) is 24.2 Å². The highest BCUT2D eigenvalue weighted by molar-refractivity contribution is 5.79. The summed E-state index contributed by atoms with van der Waals surface area (Å²) in [5.74, 6) is 1.71. The van der Waals surface area contributed by atoms with E-state index in [9.17, 15) is 4.79 Å². The van der Waals surface area contributed by atoms with Crippen molar-refractivity contribution in [1.29, 1.82) is 0 Å². The highest BCUT2D eigenvalue weighted by Crippen LogP contribution is 2.22. The number of aryl methyl sites for hydroxylation is 1. The van der Waals surface area contributed by atoms with Gasteiger partial charge in [-0.05, 0) is 42.0 Å². The van der Waals surface area contributed by atoms with Crippen molar-refractivity contribution in [2.75, 3.05) is 39.5 Å². The molecule has 2 heterocycles.